The second-order valence-corrected chi connectivity index (χ2v) is 5.59. The second-order valence-electron chi connectivity index (χ2n) is 4.30. The van der Waals surface area contributed by atoms with E-state index >= 15 is 0 Å². The molecular formula is C13H13BrClNO3. The van der Waals surface area contributed by atoms with E-state index in [9.17, 15) is 9.59 Å². The molecule has 1 fully saturated rings. The molecule has 6 heteroatoms. The maximum atomic E-state index is 12.5. The van der Waals surface area contributed by atoms with Crippen LogP contribution in [0.2, 0.25) is 5.02 Å². The molecule has 0 spiro atoms. The number of carbonyl (C=O) groups is 2. The highest BCUT2D eigenvalue weighted by Gasteiger charge is 2.35. The van der Waals surface area contributed by atoms with Crippen molar-refractivity contribution in [1.82, 2.24) is 4.90 Å². The van der Waals surface area contributed by atoms with Gasteiger partial charge in [-0.3, -0.25) is 4.79 Å². The molecule has 1 heterocycles. The fourth-order valence-corrected chi connectivity index (χ4v) is 3.06. The zero-order valence-corrected chi connectivity index (χ0v) is 12.7. The van der Waals surface area contributed by atoms with Crippen LogP contribution in [0.15, 0.2) is 22.7 Å². The maximum Gasteiger partial charge on any atom is 0.328 e. The molecule has 1 unspecified atom stereocenters. The molecule has 1 aromatic carbocycles. The summed E-state index contributed by atoms with van der Waals surface area (Å²) in [5.74, 6) is -0.549. The predicted octanol–water partition coefficient (Wildman–Crippen LogP) is 2.88. The van der Waals surface area contributed by atoms with Gasteiger partial charge in [-0.25, -0.2) is 4.79 Å². The van der Waals surface area contributed by atoms with Crippen LogP contribution in [-0.2, 0) is 9.53 Å². The van der Waals surface area contributed by atoms with Gasteiger partial charge in [0.2, 0.25) is 0 Å². The summed E-state index contributed by atoms with van der Waals surface area (Å²) in [7, 11) is 1.33. The zero-order chi connectivity index (χ0) is 14.0. The van der Waals surface area contributed by atoms with E-state index in [2.05, 4.69) is 15.9 Å². The van der Waals surface area contributed by atoms with Gasteiger partial charge in [0.05, 0.1) is 12.7 Å². The largest absolute Gasteiger partial charge is 0.467 e. The van der Waals surface area contributed by atoms with Crippen LogP contribution in [-0.4, -0.2) is 36.5 Å². The van der Waals surface area contributed by atoms with Crippen molar-refractivity contribution in [3.8, 4) is 0 Å². The van der Waals surface area contributed by atoms with Gasteiger partial charge in [0.15, 0.2) is 0 Å². The van der Waals surface area contributed by atoms with Crippen molar-refractivity contribution in [1.29, 1.82) is 0 Å². The van der Waals surface area contributed by atoms with Crippen LogP contribution in [0.1, 0.15) is 23.2 Å². The van der Waals surface area contributed by atoms with Crippen LogP contribution in [0.5, 0.6) is 0 Å². The van der Waals surface area contributed by atoms with Crippen molar-refractivity contribution in [3.05, 3.63) is 33.3 Å². The number of ether oxygens (including phenoxy) is 1. The molecular weight excluding hydrogens is 334 g/mol. The normalized spacial score (nSPS) is 18.5. The van der Waals surface area contributed by atoms with Crippen molar-refractivity contribution < 1.29 is 14.3 Å². The van der Waals surface area contributed by atoms with Gasteiger partial charge in [-0.2, -0.15) is 0 Å². The molecule has 1 aliphatic heterocycles. The molecule has 0 bridgehead atoms. The quantitative estimate of drug-likeness (QED) is 0.774. The summed E-state index contributed by atoms with van der Waals surface area (Å²) >= 11 is 9.17. The van der Waals surface area contributed by atoms with E-state index < -0.39 is 6.04 Å². The fraction of sp³-hybridized carbons (Fsp3) is 0.385. The van der Waals surface area contributed by atoms with E-state index in [0.29, 0.717) is 28.0 Å². The van der Waals surface area contributed by atoms with E-state index in [-0.39, 0.29) is 11.9 Å². The van der Waals surface area contributed by atoms with Gasteiger partial charge in [-0.1, -0.05) is 11.6 Å². The number of carbonyl (C=O) groups excluding carboxylic acids is 2. The molecule has 102 valence electrons. The van der Waals surface area contributed by atoms with Crippen LogP contribution in [0, 0.1) is 0 Å². The number of halogens is 2. The molecule has 1 aliphatic rings. The number of nitrogens with zero attached hydrogens (tertiary/aromatic N) is 1. The van der Waals surface area contributed by atoms with E-state index in [4.69, 9.17) is 16.3 Å². The molecule has 1 aromatic rings. The van der Waals surface area contributed by atoms with Crippen molar-refractivity contribution in [2.75, 3.05) is 13.7 Å². The lowest BCUT2D eigenvalue weighted by Crippen LogP contribution is -2.41. The summed E-state index contributed by atoms with van der Waals surface area (Å²) in [4.78, 5) is 25.7. The number of hydrogen-bond acceptors (Lipinski definition) is 3. The molecule has 19 heavy (non-hydrogen) atoms. The zero-order valence-electron chi connectivity index (χ0n) is 10.4. The standard InChI is InChI=1S/C13H13BrClNO3/c1-19-13(18)11-3-2-6-16(11)12(17)9-5-4-8(15)7-10(9)14/h4-5,7,11H,2-3,6H2,1H3. The van der Waals surface area contributed by atoms with Gasteiger partial charge < -0.3 is 9.64 Å². The minimum absolute atomic E-state index is 0.184. The number of hydrogen-bond donors (Lipinski definition) is 0. The lowest BCUT2D eigenvalue weighted by Gasteiger charge is -2.23. The lowest BCUT2D eigenvalue weighted by atomic mass is 10.1. The van der Waals surface area contributed by atoms with Crippen LogP contribution < -0.4 is 0 Å². The minimum Gasteiger partial charge on any atom is -0.467 e. The molecule has 1 amide bonds. The number of methoxy groups -OCH3 is 1. The third-order valence-electron chi connectivity index (χ3n) is 3.15. The maximum absolute atomic E-state index is 12.5. The number of amides is 1. The Labute approximate surface area is 124 Å². The fourth-order valence-electron chi connectivity index (χ4n) is 2.21. The average Bonchev–Trinajstić information content (AvgIpc) is 2.86. The smallest absolute Gasteiger partial charge is 0.328 e. The van der Waals surface area contributed by atoms with Gasteiger partial charge in [-0.15, -0.1) is 0 Å². The monoisotopic (exact) mass is 345 g/mol. The number of rotatable bonds is 2. The van der Waals surface area contributed by atoms with Crippen molar-refractivity contribution in [2.45, 2.75) is 18.9 Å². The van der Waals surface area contributed by atoms with Crippen molar-refractivity contribution in [2.24, 2.45) is 0 Å². The molecule has 1 saturated heterocycles. The Balaban J connectivity index is 2.25. The Morgan fingerprint density at radius 3 is 2.84 bits per heavy atom. The summed E-state index contributed by atoms with van der Waals surface area (Å²) in [6, 6.07) is 4.49. The highest BCUT2D eigenvalue weighted by molar-refractivity contribution is 9.10. The van der Waals surface area contributed by atoms with Gasteiger partial charge in [0.25, 0.3) is 5.91 Å². The number of benzene rings is 1. The Morgan fingerprint density at radius 2 is 2.21 bits per heavy atom. The molecule has 0 N–H and O–H groups in total. The summed E-state index contributed by atoms with van der Waals surface area (Å²) in [5.41, 5.74) is 0.500. The Hall–Kier alpha value is -1.07. The first-order valence-electron chi connectivity index (χ1n) is 5.88. The average molecular weight is 347 g/mol. The first-order valence-corrected chi connectivity index (χ1v) is 7.05. The molecule has 0 saturated carbocycles. The van der Waals surface area contributed by atoms with Gasteiger partial charge in [-0.05, 0) is 47.0 Å². The lowest BCUT2D eigenvalue weighted by molar-refractivity contribution is -0.145. The van der Waals surface area contributed by atoms with E-state index in [1.54, 1.807) is 23.1 Å². The van der Waals surface area contributed by atoms with E-state index in [0.717, 1.165) is 6.42 Å². The first kappa shape index (κ1) is 14.3. The predicted molar refractivity (Wildman–Crippen MR) is 75.2 cm³/mol. The molecule has 0 aromatic heterocycles. The molecule has 4 nitrogen and oxygen atoms in total. The third kappa shape index (κ3) is 2.92. The molecule has 0 aliphatic carbocycles. The number of esters is 1. The SMILES string of the molecule is COC(=O)C1CCCN1C(=O)c1ccc(Cl)cc1Br. The second kappa shape index (κ2) is 5.92. The van der Waals surface area contributed by atoms with Crippen LogP contribution in [0.3, 0.4) is 0 Å². The highest BCUT2D eigenvalue weighted by atomic mass is 79.9. The van der Waals surface area contributed by atoms with E-state index in [1.165, 1.54) is 7.11 Å². The summed E-state index contributed by atoms with van der Waals surface area (Å²) in [6.07, 6.45) is 1.44. The summed E-state index contributed by atoms with van der Waals surface area (Å²) in [5, 5.41) is 0.550. The first-order chi connectivity index (χ1) is 9.04. The van der Waals surface area contributed by atoms with E-state index in [1.807, 2.05) is 0 Å². The van der Waals surface area contributed by atoms with Crippen LogP contribution in [0.4, 0.5) is 0 Å². The highest BCUT2D eigenvalue weighted by Crippen LogP contribution is 2.26. The number of likely N-dealkylation sites (tertiary alicyclic amines) is 1. The summed E-state index contributed by atoms with van der Waals surface area (Å²) < 4.78 is 5.36. The summed E-state index contributed by atoms with van der Waals surface area (Å²) in [6.45, 7) is 0.563. The van der Waals surface area contributed by atoms with Gasteiger partial charge in [0, 0.05) is 16.0 Å². The van der Waals surface area contributed by atoms with Gasteiger partial charge >= 0.3 is 5.97 Å². The van der Waals surface area contributed by atoms with Crippen LogP contribution >= 0.6 is 27.5 Å². The van der Waals surface area contributed by atoms with Crippen molar-refractivity contribution >= 4 is 39.4 Å². The Bertz CT molecular complexity index is 521. The van der Waals surface area contributed by atoms with Crippen LogP contribution in [0.25, 0.3) is 0 Å². The van der Waals surface area contributed by atoms with Gasteiger partial charge in [0.1, 0.15) is 6.04 Å². The molecule has 0 radical (unpaired) electrons. The third-order valence-corrected chi connectivity index (χ3v) is 4.04. The topological polar surface area (TPSA) is 46.6 Å². The Kier molecular flexibility index (Phi) is 4.47. The Morgan fingerprint density at radius 1 is 1.47 bits per heavy atom. The van der Waals surface area contributed by atoms with Crippen molar-refractivity contribution in [3.63, 3.8) is 0 Å². The molecule has 1 atom stereocenters. The molecule has 2 rings (SSSR count). The minimum atomic E-state index is -0.486.